The first-order chi connectivity index (χ1) is 8.95. The van der Waals surface area contributed by atoms with E-state index in [0.717, 1.165) is 25.7 Å². The van der Waals surface area contributed by atoms with Crippen LogP contribution in [0.5, 0.6) is 0 Å². The number of urea groups is 1. The van der Waals surface area contributed by atoms with Crippen LogP contribution < -0.4 is 10.6 Å². The molecule has 1 aliphatic carbocycles. The molecule has 1 fully saturated rings. The minimum absolute atomic E-state index is 0.185. The highest BCUT2D eigenvalue weighted by Crippen LogP contribution is 2.18. The molecule has 0 spiro atoms. The molecule has 1 saturated carbocycles. The molecule has 0 saturated heterocycles. The second-order valence-corrected chi connectivity index (χ2v) is 6.00. The first-order valence-electron chi connectivity index (χ1n) is 6.10. The molecule has 2 amide bonds. The number of hydrogen-bond donors (Lipinski definition) is 3. The fourth-order valence-corrected chi connectivity index (χ4v) is 2.68. The lowest BCUT2D eigenvalue weighted by Gasteiger charge is -2.13. The molecule has 1 aromatic rings. The van der Waals surface area contributed by atoms with Crippen molar-refractivity contribution < 1.29 is 17.8 Å². The number of nitrogens with one attached hydrogen (secondary N) is 2. The van der Waals surface area contributed by atoms with Crippen LogP contribution in [0.15, 0.2) is 29.2 Å². The van der Waals surface area contributed by atoms with E-state index in [2.05, 4.69) is 10.6 Å². The summed E-state index contributed by atoms with van der Waals surface area (Å²) >= 11 is 0. The van der Waals surface area contributed by atoms with E-state index in [4.69, 9.17) is 4.55 Å². The number of rotatable bonds is 3. The molecule has 1 aromatic carbocycles. The Hall–Kier alpha value is -1.60. The van der Waals surface area contributed by atoms with Crippen LogP contribution in [0.4, 0.5) is 10.5 Å². The van der Waals surface area contributed by atoms with Crippen molar-refractivity contribution in [1.82, 2.24) is 5.32 Å². The number of carbonyl (C=O) groups excluding carboxylic acids is 1. The van der Waals surface area contributed by atoms with E-state index >= 15 is 0 Å². The fraction of sp³-hybridized carbons (Fsp3) is 0.417. The Kier molecular flexibility index (Phi) is 4.06. The summed E-state index contributed by atoms with van der Waals surface area (Å²) < 4.78 is 30.9. The van der Waals surface area contributed by atoms with Crippen LogP contribution in [0.2, 0.25) is 0 Å². The summed E-state index contributed by atoms with van der Waals surface area (Å²) in [6.45, 7) is 0. The molecule has 7 heteroatoms. The van der Waals surface area contributed by atoms with Crippen molar-refractivity contribution in [2.45, 2.75) is 36.6 Å². The SMILES string of the molecule is O=C(Nc1cccc(S(=O)(=O)O)c1)NC1CCCC1. The Morgan fingerprint density at radius 1 is 1.26 bits per heavy atom. The molecule has 6 nitrogen and oxygen atoms in total. The van der Waals surface area contributed by atoms with Crippen molar-refractivity contribution in [2.24, 2.45) is 0 Å². The normalized spacial score (nSPS) is 16.3. The highest BCUT2D eigenvalue weighted by molar-refractivity contribution is 7.85. The Morgan fingerprint density at radius 3 is 2.58 bits per heavy atom. The predicted molar refractivity (Wildman–Crippen MR) is 70.7 cm³/mol. The van der Waals surface area contributed by atoms with Crippen molar-refractivity contribution in [2.75, 3.05) is 5.32 Å². The van der Waals surface area contributed by atoms with Gasteiger partial charge in [-0.05, 0) is 31.0 Å². The molecule has 0 bridgehead atoms. The minimum Gasteiger partial charge on any atom is -0.335 e. The zero-order valence-corrected chi connectivity index (χ0v) is 11.1. The van der Waals surface area contributed by atoms with Gasteiger partial charge in [0.2, 0.25) is 0 Å². The monoisotopic (exact) mass is 284 g/mol. The highest BCUT2D eigenvalue weighted by atomic mass is 32.2. The van der Waals surface area contributed by atoms with Crippen LogP contribution in [0.3, 0.4) is 0 Å². The van der Waals surface area contributed by atoms with Gasteiger partial charge in [-0.15, -0.1) is 0 Å². The molecule has 0 aliphatic heterocycles. The van der Waals surface area contributed by atoms with Crippen molar-refractivity contribution in [3.63, 3.8) is 0 Å². The molecule has 2 rings (SSSR count). The standard InChI is InChI=1S/C12H16N2O4S/c15-12(13-9-4-1-2-5-9)14-10-6-3-7-11(8-10)19(16,17)18/h3,6-9H,1-2,4-5H2,(H2,13,14,15)(H,16,17,18). The third-order valence-corrected chi connectivity index (χ3v) is 3.93. The molecular formula is C12H16N2O4S. The maximum Gasteiger partial charge on any atom is 0.319 e. The average Bonchev–Trinajstić information content (AvgIpc) is 2.80. The molecule has 19 heavy (non-hydrogen) atoms. The van der Waals surface area contributed by atoms with Crippen molar-refractivity contribution in [3.05, 3.63) is 24.3 Å². The molecular weight excluding hydrogens is 268 g/mol. The Bertz CT molecular complexity index is 565. The van der Waals surface area contributed by atoms with Gasteiger partial charge in [0.05, 0.1) is 4.90 Å². The van der Waals surface area contributed by atoms with Gasteiger partial charge in [-0.25, -0.2) is 4.79 Å². The maximum absolute atomic E-state index is 11.7. The van der Waals surface area contributed by atoms with Gasteiger partial charge in [-0.2, -0.15) is 8.42 Å². The first-order valence-corrected chi connectivity index (χ1v) is 7.54. The van der Waals surface area contributed by atoms with E-state index in [-0.39, 0.29) is 17.0 Å². The van der Waals surface area contributed by atoms with Gasteiger partial charge >= 0.3 is 6.03 Å². The van der Waals surface area contributed by atoms with Crippen LogP contribution in [0.25, 0.3) is 0 Å². The van der Waals surface area contributed by atoms with Gasteiger partial charge in [-0.3, -0.25) is 4.55 Å². The average molecular weight is 284 g/mol. The van der Waals surface area contributed by atoms with Gasteiger partial charge in [0, 0.05) is 11.7 Å². The van der Waals surface area contributed by atoms with Gasteiger partial charge in [0.25, 0.3) is 10.1 Å². The third kappa shape index (κ3) is 3.93. The lowest BCUT2D eigenvalue weighted by atomic mass is 10.2. The van der Waals surface area contributed by atoms with Crippen LogP contribution in [0.1, 0.15) is 25.7 Å². The van der Waals surface area contributed by atoms with Gasteiger partial charge in [0.15, 0.2) is 0 Å². The summed E-state index contributed by atoms with van der Waals surface area (Å²) in [5.74, 6) is 0. The molecule has 1 aliphatic rings. The lowest BCUT2D eigenvalue weighted by molar-refractivity contribution is 0.248. The second kappa shape index (κ2) is 5.58. The van der Waals surface area contributed by atoms with Crippen LogP contribution in [-0.2, 0) is 10.1 Å². The third-order valence-electron chi connectivity index (χ3n) is 3.08. The number of amides is 2. The molecule has 0 heterocycles. The van der Waals surface area contributed by atoms with E-state index in [0.29, 0.717) is 5.69 Å². The van der Waals surface area contributed by atoms with Crippen LogP contribution >= 0.6 is 0 Å². The first kappa shape index (κ1) is 13.8. The molecule has 104 valence electrons. The summed E-state index contributed by atoms with van der Waals surface area (Å²) in [4.78, 5) is 11.5. The van der Waals surface area contributed by atoms with E-state index in [1.54, 1.807) is 6.07 Å². The molecule has 0 atom stereocenters. The second-order valence-electron chi connectivity index (χ2n) is 4.58. The van der Waals surface area contributed by atoms with Crippen LogP contribution in [0, 0.1) is 0 Å². The van der Waals surface area contributed by atoms with Crippen molar-refractivity contribution in [3.8, 4) is 0 Å². The molecule has 0 unspecified atom stereocenters. The number of hydrogen-bond acceptors (Lipinski definition) is 3. The minimum atomic E-state index is -4.26. The van der Waals surface area contributed by atoms with Gasteiger partial charge in [-0.1, -0.05) is 18.9 Å². The molecule has 3 N–H and O–H groups in total. The quantitative estimate of drug-likeness (QED) is 0.740. The number of anilines is 1. The van der Waals surface area contributed by atoms with Crippen molar-refractivity contribution in [1.29, 1.82) is 0 Å². The predicted octanol–water partition coefficient (Wildman–Crippen LogP) is 2.00. The van der Waals surface area contributed by atoms with Crippen molar-refractivity contribution >= 4 is 21.8 Å². The van der Waals surface area contributed by atoms with E-state index < -0.39 is 10.1 Å². The Morgan fingerprint density at radius 2 is 1.95 bits per heavy atom. The molecule has 0 aromatic heterocycles. The van der Waals surface area contributed by atoms with Gasteiger partial charge in [0.1, 0.15) is 0 Å². The topological polar surface area (TPSA) is 95.5 Å². The van der Waals surface area contributed by atoms with E-state index in [1.807, 2.05) is 0 Å². The Balaban J connectivity index is 2.00. The summed E-state index contributed by atoms with van der Waals surface area (Å²) in [5.41, 5.74) is 0.325. The fourth-order valence-electron chi connectivity index (χ4n) is 2.16. The smallest absolute Gasteiger partial charge is 0.319 e. The van der Waals surface area contributed by atoms with Gasteiger partial charge < -0.3 is 10.6 Å². The molecule has 0 radical (unpaired) electrons. The summed E-state index contributed by atoms with van der Waals surface area (Å²) in [6.07, 6.45) is 4.17. The summed E-state index contributed by atoms with van der Waals surface area (Å²) in [5, 5.41) is 5.38. The van der Waals surface area contributed by atoms with Crippen LogP contribution in [-0.4, -0.2) is 25.0 Å². The Labute approximate surface area is 112 Å². The maximum atomic E-state index is 11.7. The number of carbonyl (C=O) groups is 1. The summed E-state index contributed by atoms with van der Waals surface area (Å²) in [6, 6.07) is 5.31. The largest absolute Gasteiger partial charge is 0.335 e. The number of benzene rings is 1. The van der Waals surface area contributed by atoms with E-state index in [9.17, 15) is 13.2 Å². The van der Waals surface area contributed by atoms with E-state index in [1.165, 1.54) is 18.2 Å². The highest BCUT2D eigenvalue weighted by Gasteiger charge is 2.17. The zero-order chi connectivity index (χ0) is 13.9. The lowest BCUT2D eigenvalue weighted by Crippen LogP contribution is -2.36. The summed E-state index contributed by atoms with van der Waals surface area (Å²) in [7, 11) is -4.26. The zero-order valence-electron chi connectivity index (χ0n) is 10.3.